The molecule has 0 aliphatic heterocycles. The Morgan fingerprint density at radius 3 is 2.82 bits per heavy atom. The zero-order valence-corrected chi connectivity index (χ0v) is 9.27. The standard InChI is InChI=1S/C13H11FO3/c1-16-13-5-4-9(7-11(13)14)12(15)8-10-3-2-6-17-10/h2-7H,8H2,1H3. The van der Waals surface area contributed by atoms with Gasteiger partial charge in [-0.05, 0) is 30.3 Å². The van der Waals surface area contributed by atoms with Crippen LogP contribution in [0.1, 0.15) is 16.1 Å². The fourth-order valence-corrected chi connectivity index (χ4v) is 1.51. The summed E-state index contributed by atoms with van der Waals surface area (Å²) in [6.45, 7) is 0. The van der Waals surface area contributed by atoms with Gasteiger partial charge in [0.05, 0.1) is 19.8 Å². The molecule has 0 saturated heterocycles. The van der Waals surface area contributed by atoms with Gasteiger partial charge in [0.15, 0.2) is 17.3 Å². The monoisotopic (exact) mass is 234 g/mol. The normalized spacial score (nSPS) is 10.2. The third-order valence-electron chi connectivity index (χ3n) is 2.39. The molecule has 88 valence electrons. The molecule has 3 nitrogen and oxygen atoms in total. The number of benzene rings is 1. The van der Waals surface area contributed by atoms with Crippen molar-refractivity contribution in [1.29, 1.82) is 0 Å². The number of methoxy groups -OCH3 is 1. The molecule has 0 saturated carbocycles. The van der Waals surface area contributed by atoms with Crippen molar-refractivity contribution in [2.75, 3.05) is 7.11 Å². The van der Waals surface area contributed by atoms with Crippen LogP contribution in [0, 0.1) is 5.82 Å². The smallest absolute Gasteiger partial charge is 0.170 e. The Labute approximate surface area is 97.8 Å². The van der Waals surface area contributed by atoms with Crippen LogP contribution in [0.4, 0.5) is 4.39 Å². The molecule has 2 aromatic rings. The molecule has 0 amide bonds. The molecule has 0 fully saturated rings. The summed E-state index contributed by atoms with van der Waals surface area (Å²) in [6.07, 6.45) is 1.62. The highest BCUT2D eigenvalue weighted by atomic mass is 19.1. The average Bonchev–Trinajstić information content (AvgIpc) is 2.81. The van der Waals surface area contributed by atoms with Gasteiger partial charge in [0, 0.05) is 5.56 Å². The van der Waals surface area contributed by atoms with Gasteiger partial charge in [-0.1, -0.05) is 0 Å². The van der Waals surface area contributed by atoms with Crippen LogP contribution in [0.2, 0.25) is 0 Å². The fraction of sp³-hybridized carbons (Fsp3) is 0.154. The average molecular weight is 234 g/mol. The lowest BCUT2D eigenvalue weighted by molar-refractivity contribution is 0.0986. The molecule has 0 N–H and O–H groups in total. The number of furan rings is 1. The van der Waals surface area contributed by atoms with Gasteiger partial charge >= 0.3 is 0 Å². The van der Waals surface area contributed by atoms with Crippen LogP contribution in [-0.2, 0) is 6.42 Å². The number of ether oxygens (including phenoxy) is 1. The molecule has 0 aliphatic carbocycles. The number of halogens is 1. The van der Waals surface area contributed by atoms with Crippen molar-refractivity contribution in [3.8, 4) is 5.75 Å². The van der Waals surface area contributed by atoms with Gasteiger partial charge in [-0.15, -0.1) is 0 Å². The summed E-state index contributed by atoms with van der Waals surface area (Å²) < 4.78 is 23.2. The quantitative estimate of drug-likeness (QED) is 0.763. The van der Waals surface area contributed by atoms with Crippen LogP contribution < -0.4 is 4.74 Å². The van der Waals surface area contributed by atoms with Crippen LogP contribution in [0.25, 0.3) is 0 Å². The van der Waals surface area contributed by atoms with Gasteiger partial charge in [-0.25, -0.2) is 4.39 Å². The van der Waals surface area contributed by atoms with Crippen LogP contribution in [0.5, 0.6) is 5.75 Å². The summed E-state index contributed by atoms with van der Waals surface area (Å²) >= 11 is 0. The summed E-state index contributed by atoms with van der Waals surface area (Å²) in [5, 5.41) is 0. The van der Waals surface area contributed by atoms with Crippen molar-refractivity contribution < 1.29 is 18.3 Å². The van der Waals surface area contributed by atoms with E-state index < -0.39 is 5.82 Å². The number of hydrogen-bond acceptors (Lipinski definition) is 3. The summed E-state index contributed by atoms with van der Waals surface area (Å²) in [5.74, 6) is -0.0509. The molecule has 4 heteroatoms. The molecule has 0 radical (unpaired) electrons. The molecule has 17 heavy (non-hydrogen) atoms. The van der Waals surface area contributed by atoms with E-state index in [1.165, 1.54) is 31.6 Å². The van der Waals surface area contributed by atoms with Gasteiger partial charge < -0.3 is 9.15 Å². The van der Waals surface area contributed by atoms with E-state index in [4.69, 9.17) is 9.15 Å². The molecule has 0 unspecified atom stereocenters. The van der Waals surface area contributed by atoms with E-state index in [0.29, 0.717) is 11.3 Å². The molecule has 0 spiro atoms. The minimum absolute atomic E-state index is 0.124. The van der Waals surface area contributed by atoms with Gasteiger partial charge in [0.1, 0.15) is 5.76 Å². The van der Waals surface area contributed by atoms with E-state index in [-0.39, 0.29) is 18.0 Å². The number of ketones is 1. The molecular formula is C13H11FO3. The van der Waals surface area contributed by atoms with Crippen molar-refractivity contribution in [1.82, 2.24) is 0 Å². The third kappa shape index (κ3) is 2.53. The van der Waals surface area contributed by atoms with Crippen molar-refractivity contribution >= 4 is 5.78 Å². The van der Waals surface area contributed by atoms with E-state index in [1.807, 2.05) is 0 Å². The summed E-state index contributed by atoms with van der Waals surface area (Å²) in [7, 11) is 1.38. The van der Waals surface area contributed by atoms with Gasteiger partial charge in [-0.2, -0.15) is 0 Å². The number of hydrogen-bond donors (Lipinski definition) is 0. The van der Waals surface area contributed by atoms with E-state index in [0.717, 1.165) is 0 Å². The highest BCUT2D eigenvalue weighted by molar-refractivity contribution is 5.97. The van der Waals surface area contributed by atoms with Gasteiger partial charge in [-0.3, -0.25) is 4.79 Å². The topological polar surface area (TPSA) is 39.4 Å². The van der Waals surface area contributed by atoms with Crippen molar-refractivity contribution in [2.45, 2.75) is 6.42 Å². The van der Waals surface area contributed by atoms with Crippen molar-refractivity contribution in [2.24, 2.45) is 0 Å². The molecule has 1 aromatic heterocycles. The molecule has 2 rings (SSSR count). The molecular weight excluding hydrogens is 223 g/mol. The number of Topliss-reactive ketones (excluding diaryl/α,β-unsaturated/α-hetero) is 1. The first-order valence-corrected chi connectivity index (χ1v) is 5.10. The van der Waals surface area contributed by atoms with E-state index in [1.54, 1.807) is 12.1 Å². The largest absolute Gasteiger partial charge is 0.494 e. The second-order valence-corrected chi connectivity index (χ2v) is 3.53. The SMILES string of the molecule is COc1ccc(C(=O)Cc2ccco2)cc1F. The second kappa shape index (κ2) is 4.82. The second-order valence-electron chi connectivity index (χ2n) is 3.53. The van der Waals surface area contributed by atoms with Crippen molar-refractivity contribution in [3.63, 3.8) is 0 Å². The predicted molar refractivity (Wildman–Crippen MR) is 59.7 cm³/mol. The zero-order valence-electron chi connectivity index (χ0n) is 9.27. The highest BCUT2D eigenvalue weighted by Gasteiger charge is 2.11. The number of rotatable bonds is 4. The van der Waals surface area contributed by atoms with E-state index >= 15 is 0 Å². The number of carbonyl (C=O) groups excluding carboxylic acids is 1. The maximum absolute atomic E-state index is 13.4. The Kier molecular flexibility index (Phi) is 3.23. The molecule has 0 aliphatic rings. The van der Waals surface area contributed by atoms with E-state index in [9.17, 15) is 9.18 Å². The molecule has 0 bridgehead atoms. The fourth-order valence-electron chi connectivity index (χ4n) is 1.51. The Morgan fingerprint density at radius 1 is 1.41 bits per heavy atom. The lowest BCUT2D eigenvalue weighted by Crippen LogP contribution is -2.03. The highest BCUT2D eigenvalue weighted by Crippen LogP contribution is 2.18. The molecule has 1 aromatic carbocycles. The Morgan fingerprint density at radius 2 is 2.24 bits per heavy atom. The first-order chi connectivity index (χ1) is 8.20. The molecule has 0 atom stereocenters. The van der Waals surface area contributed by atoms with Crippen molar-refractivity contribution in [3.05, 3.63) is 53.7 Å². The zero-order chi connectivity index (χ0) is 12.3. The van der Waals surface area contributed by atoms with Crippen LogP contribution in [-0.4, -0.2) is 12.9 Å². The predicted octanol–water partition coefficient (Wildman–Crippen LogP) is 2.85. The first-order valence-electron chi connectivity index (χ1n) is 5.10. The Balaban J connectivity index is 2.17. The van der Waals surface area contributed by atoms with Crippen LogP contribution >= 0.6 is 0 Å². The minimum atomic E-state index is -0.544. The molecule has 1 heterocycles. The van der Waals surface area contributed by atoms with Gasteiger partial charge in [0.25, 0.3) is 0 Å². The third-order valence-corrected chi connectivity index (χ3v) is 2.39. The van der Waals surface area contributed by atoms with Crippen LogP contribution in [0.3, 0.4) is 0 Å². The lowest BCUT2D eigenvalue weighted by Gasteiger charge is -2.03. The number of carbonyl (C=O) groups is 1. The first kappa shape index (κ1) is 11.4. The Bertz CT molecular complexity index is 517. The lowest BCUT2D eigenvalue weighted by atomic mass is 10.1. The van der Waals surface area contributed by atoms with E-state index in [2.05, 4.69) is 0 Å². The summed E-state index contributed by atoms with van der Waals surface area (Å²) in [4.78, 5) is 11.8. The maximum Gasteiger partial charge on any atom is 0.170 e. The summed E-state index contributed by atoms with van der Waals surface area (Å²) in [5.41, 5.74) is 0.305. The minimum Gasteiger partial charge on any atom is -0.494 e. The summed E-state index contributed by atoms with van der Waals surface area (Å²) in [6, 6.07) is 7.55. The van der Waals surface area contributed by atoms with Crippen LogP contribution in [0.15, 0.2) is 41.0 Å². The Hall–Kier alpha value is -2.10. The maximum atomic E-state index is 13.4. The van der Waals surface area contributed by atoms with Gasteiger partial charge in [0.2, 0.25) is 0 Å².